The molecule has 1 N–H and O–H groups in total. The van der Waals surface area contributed by atoms with Gasteiger partial charge in [-0.3, -0.25) is 9.59 Å². The average Bonchev–Trinajstić information content (AvgIpc) is 3.04. The molecular weight excluding hydrogens is 488 g/mol. The van der Waals surface area contributed by atoms with Crippen molar-refractivity contribution in [3.8, 4) is 11.5 Å². The van der Waals surface area contributed by atoms with Gasteiger partial charge in [0.2, 0.25) is 0 Å². The molecule has 1 fully saturated rings. The van der Waals surface area contributed by atoms with Crippen LogP contribution in [0.1, 0.15) is 31.0 Å². The molecule has 2 aromatic rings. The second kappa shape index (κ2) is 10.6. The Balaban J connectivity index is 2.22. The number of aliphatic hydroxyl groups excluding tert-OH is 1. The molecule has 2 aromatic carbocycles. The van der Waals surface area contributed by atoms with E-state index >= 15 is 0 Å². The Bertz CT molecular complexity index is 1130. The quantitative estimate of drug-likeness (QED) is 0.305. The zero-order valence-corrected chi connectivity index (χ0v) is 20.5. The molecule has 1 heterocycles. The van der Waals surface area contributed by atoms with E-state index in [-0.39, 0.29) is 51.9 Å². The number of amides is 1. The lowest BCUT2D eigenvalue weighted by Gasteiger charge is -2.26. The number of hydrogen-bond donors (Lipinski definition) is 1. The summed E-state index contributed by atoms with van der Waals surface area (Å²) in [4.78, 5) is 27.4. The van der Waals surface area contributed by atoms with Gasteiger partial charge >= 0.3 is 0 Å². The minimum atomic E-state index is -0.999. The van der Waals surface area contributed by atoms with Gasteiger partial charge in [0.1, 0.15) is 16.6 Å². The molecule has 1 unspecified atom stereocenters. The maximum Gasteiger partial charge on any atom is 0.295 e. The van der Waals surface area contributed by atoms with Crippen LogP contribution < -0.4 is 9.47 Å². The molecule has 1 amide bonds. The van der Waals surface area contributed by atoms with Gasteiger partial charge in [-0.2, -0.15) is 0 Å². The maximum atomic E-state index is 13.6. The van der Waals surface area contributed by atoms with Crippen LogP contribution in [0.3, 0.4) is 0 Å². The highest BCUT2D eigenvalue weighted by atomic mass is 35.5. The van der Waals surface area contributed by atoms with E-state index in [4.69, 9.17) is 37.4 Å². The van der Waals surface area contributed by atoms with Crippen LogP contribution in [-0.2, 0) is 14.3 Å². The number of carbonyl (C=O) groups excluding carboxylic acids is 2. The molecule has 0 bridgehead atoms. The second-order valence-electron chi connectivity index (χ2n) is 7.75. The van der Waals surface area contributed by atoms with Gasteiger partial charge in [-0.1, -0.05) is 35.3 Å². The molecule has 34 heavy (non-hydrogen) atoms. The first-order valence-electron chi connectivity index (χ1n) is 10.4. The summed E-state index contributed by atoms with van der Waals surface area (Å²) in [5.41, 5.74) is 0.218. The van der Waals surface area contributed by atoms with Crippen LogP contribution in [0.15, 0.2) is 35.9 Å². The number of halogens is 3. The van der Waals surface area contributed by atoms with Crippen LogP contribution in [-0.4, -0.2) is 55.2 Å². The summed E-state index contributed by atoms with van der Waals surface area (Å²) in [7, 11) is 2.69. The van der Waals surface area contributed by atoms with Gasteiger partial charge in [-0.15, -0.1) is 0 Å². The lowest BCUT2D eigenvalue weighted by atomic mass is 9.95. The number of Topliss-reactive ketones (excluding diaryl/α,β-unsaturated/α-hetero) is 1. The summed E-state index contributed by atoms with van der Waals surface area (Å²) in [5.74, 6) is -2.64. The van der Waals surface area contributed by atoms with Crippen molar-refractivity contribution in [2.75, 3.05) is 27.4 Å². The Morgan fingerprint density at radius 1 is 1.12 bits per heavy atom. The van der Waals surface area contributed by atoms with E-state index < -0.39 is 29.3 Å². The molecule has 1 aliphatic rings. The zero-order chi connectivity index (χ0) is 25.2. The molecule has 7 nitrogen and oxygen atoms in total. The Morgan fingerprint density at radius 2 is 1.74 bits per heavy atom. The van der Waals surface area contributed by atoms with Crippen molar-refractivity contribution in [2.45, 2.75) is 26.0 Å². The van der Waals surface area contributed by atoms with Crippen molar-refractivity contribution in [3.05, 3.63) is 62.9 Å². The summed E-state index contributed by atoms with van der Waals surface area (Å²) in [6.45, 7) is 3.92. The number of aliphatic hydroxyl groups is 1. The third-order valence-corrected chi connectivity index (χ3v) is 5.93. The van der Waals surface area contributed by atoms with Crippen molar-refractivity contribution in [3.63, 3.8) is 0 Å². The highest BCUT2D eigenvalue weighted by Crippen LogP contribution is 2.47. The van der Waals surface area contributed by atoms with Crippen LogP contribution in [0.4, 0.5) is 4.39 Å². The van der Waals surface area contributed by atoms with Gasteiger partial charge in [0.15, 0.2) is 11.5 Å². The fourth-order valence-electron chi connectivity index (χ4n) is 3.78. The molecular formula is C24H24Cl2FNO6. The Hall–Kier alpha value is -2.81. The fourth-order valence-corrected chi connectivity index (χ4v) is 4.47. The van der Waals surface area contributed by atoms with Crippen LogP contribution in [0.2, 0.25) is 10.0 Å². The van der Waals surface area contributed by atoms with Gasteiger partial charge in [0, 0.05) is 6.54 Å². The number of ether oxygens (including phenoxy) is 3. The van der Waals surface area contributed by atoms with E-state index in [1.165, 1.54) is 49.5 Å². The molecule has 3 rings (SSSR count). The van der Waals surface area contributed by atoms with Gasteiger partial charge in [-0.25, -0.2) is 4.39 Å². The number of ketones is 1. The third-order valence-electron chi connectivity index (χ3n) is 5.30. The van der Waals surface area contributed by atoms with E-state index in [2.05, 4.69) is 0 Å². The summed E-state index contributed by atoms with van der Waals surface area (Å²) >= 11 is 12.6. The summed E-state index contributed by atoms with van der Waals surface area (Å²) in [5, 5.41) is 11.3. The van der Waals surface area contributed by atoms with Crippen LogP contribution in [0.25, 0.3) is 5.76 Å². The van der Waals surface area contributed by atoms with Crippen LogP contribution >= 0.6 is 23.2 Å². The molecule has 0 aromatic heterocycles. The molecule has 0 saturated carbocycles. The first-order valence-corrected chi connectivity index (χ1v) is 11.1. The molecule has 0 spiro atoms. The smallest absolute Gasteiger partial charge is 0.295 e. The fraction of sp³-hybridized carbons (Fsp3) is 0.333. The third kappa shape index (κ3) is 4.85. The minimum Gasteiger partial charge on any atom is -0.507 e. The summed E-state index contributed by atoms with van der Waals surface area (Å²) in [6.07, 6.45) is -0.0889. The monoisotopic (exact) mass is 511 g/mol. The Kier molecular flexibility index (Phi) is 8.07. The van der Waals surface area contributed by atoms with Gasteiger partial charge in [-0.05, 0) is 37.6 Å². The Labute approximate surface area is 206 Å². The number of rotatable bonds is 8. The first-order chi connectivity index (χ1) is 16.1. The molecule has 10 heteroatoms. The first kappa shape index (κ1) is 25.8. The largest absolute Gasteiger partial charge is 0.507 e. The highest BCUT2D eigenvalue weighted by molar-refractivity contribution is 6.47. The predicted octanol–water partition coefficient (Wildman–Crippen LogP) is 5.00. The van der Waals surface area contributed by atoms with Crippen molar-refractivity contribution in [1.82, 2.24) is 4.90 Å². The van der Waals surface area contributed by atoms with E-state index in [1.807, 2.05) is 13.8 Å². The summed E-state index contributed by atoms with van der Waals surface area (Å²) < 4.78 is 29.7. The molecule has 1 aliphatic heterocycles. The zero-order valence-electron chi connectivity index (χ0n) is 19.0. The van der Waals surface area contributed by atoms with Crippen molar-refractivity contribution >= 4 is 40.7 Å². The number of benzene rings is 2. The summed E-state index contributed by atoms with van der Waals surface area (Å²) in [6, 6.07) is 5.64. The highest BCUT2D eigenvalue weighted by Gasteiger charge is 2.46. The van der Waals surface area contributed by atoms with Gasteiger partial charge in [0.25, 0.3) is 11.7 Å². The number of carbonyl (C=O) groups is 2. The van der Waals surface area contributed by atoms with E-state index in [1.54, 1.807) is 0 Å². The normalized spacial score (nSPS) is 17.5. The standard InChI is InChI=1S/C24H24Cl2FNO6/c1-12(2)34-10-9-28-19(13-5-7-14(27)8-6-13)17(21(30)24(28)31)20(29)15-11-16(25)23(33-4)18(26)22(15)32-3/h5-8,11-12,19,29H,9-10H2,1-4H3/b20-17+. The lowest BCUT2D eigenvalue weighted by Crippen LogP contribution is -2.33. The topological polar surface area (TPSA) is 85.3 Å². The Morgan fingerprint density at radius 3 is 2.29 bits per heavy atom. The maximum absolute atomic E-state index is 13.6. The van der Waals surface area contributed by atoms with E-state index in [9.17, 15) is 19.1 Å². The van der Waals surface area contributed by atoms with E-state index in [0.29, 0.717) is 5.56 Å². The molecule has 182 valence electrons. The average molecular weight is 512 g/mol. The van der Waals surface area contributed by atoms with Crippen molar-refractivity contribution in [2.24, 2.45) is 0 Å². The molecule has 0 aliphatic carbocycles. The van der Waals surface area contributed by atoms with Crippen molar-refractivity contribution in [1.29, 1.82) is 0 Å². The predicted molar refractivity (Wildman–Crippen MR) is 126 cm³/mol. The van der Waals surface area contributed by atoms with Gasteiger partial charge < -0.3 is 24.2 Å². The molecule has 1 saturated heterocycles. The van der Waals surface area contributed by atoms with E-state index in [0.717, 1.165) is 0 Å². The minimum absolute atomic E-state index is 0.00171. The second-order valence-corrected chi connectivity index (χ2v) is 8.54. The number of likely N-dealkylation sites (tertiary alicyclic amines) is 1. The lowest BCUT2D eigenvalue weighted by molar-refractivity contribution is -0.140. The number of methoxy groups -OCH3 is 2. The number of nitrogens with zero attached hydrogens (tertiary/aromatic N) is 1. The van der Waals surface area contributed by atoms with Crippen molar-refractivity contribution < 1.29 is 33.3 Å². The molecule has 0 radical (unpaired) electrons. The SMILES string of the molecule is COc1c(Cl)cc(/C(O)=C2\C(=O)C(=O)N(CCOC(C)C)C2c2ccc(F)cc2)c(OC)c1Cl. The van der Waals surface area contributed by atoms with Crippen LogP contribution in [0, 0.1) is 5.82 Å². The molecule has 1 atom stereocenters. The van der Waals surface area contributed by atoms with Gasteiger partial charge in [0.05, 0.1) is 49.1 Å². The van der Waals surface area contributed by atoms with Crippen LogP contribution in [0.5, 0.6) is 11.5 Å². The number of hydrogen-bond acceptors (Lipinski definition) is 6.